The molecule has 2 aromatic carbocycles. The van der Waals surface area contributed by atoms with E-state index in [4.69, 9.17) is 26.7 Å². The third-order valence-electron chi connectivity index (χ3n) is 6.62. The molecule has 0 bridgehead atoms. The summed E-state index contributed by atoms with van der Waals surface area (Å²) in [6.07, 6.45) is 6.20. The predicted molar refractivity (Wildman–Crippen MR) is 151 cm³/mol. The van der Waals surface area contributed by atoms with Crippen molar-refractivity contribution < 1.29 is 14.3 Å². The van der Waals surface area contributed by atoms with Gasteiger partial charge in [0.25, 0.3) is 5.91 Å². The van der Waals surface area contributed by atoms with Gasteiger partial charge < -0.3 is 14.4 Å². The molecule has 5 rings (SSSR count). The van der Waals surface area contributed by atoms with Crippen molar-refractivity contribution in [3.8, 4) is 11.5 Å². The van der Waals surface area contributed by atoms with Crippen molar-refractivity contribution in [1.82, 2.24) is 9.88 Å². The van der Waals surface area contributed by atoms with E-state index in [1.807, 2.05) is 42.5 Å². The number of anilines is 1. The number of methoxy groups -OCH3 is 2. The Morgan fingerprint density at radius 2 is 1.81 bits per heavy atom. The quantitative estimate of drug-likeness (QED) is 0.294. The van der Waals surface area contributed by atoms with Gasteiger partial charge >= 0.3 is 0 Å². The topological polar surface area (TPSA) is 54.9 Å². The van der Waals surface area contributed by atoms with Gasteiger partial charge in [0, 0.05) is 30.6 Å². The maximum absolute atomic E-state index is 13.4. The first-order chi connectivity index (χ1) is 17.6. The van der Waals surface area contributed by atoms with Crippen LogP contribution in [0, 0.1) is 0 Å². The summed E-state index contributed by atoms with van der Waals surface area (Å²) in [7, 11) is 3.24. The van der Waals surface area contributed by atoms with Gasteiger partial charge in [-0.25, -0.2) is 4.98 Å². The van der Waals surface area contributed by atoms with Gasteiger partial charge in [-0.05, 0) is 61.6 Å². The molecule has 0 radical (unpaired) electrons. The van der Waals surface area contributed by atoms with Crippen molar-refractivity contribution in [2.45, 2.75) is 25.7 Å². The van der Waals surface area contributed by atoms with Crippen molar-refractivity contribution in [3.05, 3.63) is 64.6 Å². The summed E-state index contributed by atoms with van der Waals surface area (Å²) in [5.41, 5.74) is 2.99. The Labute approximate surface area is 221 Å². The number of pyridine rings is 1. The van der Waals surface area contributed by atoms with E-state index >= 15 is 0 Å². The third kappa shape index (κ3) is 5.06. The van der Waals surface area contributed by atoms with Gasteiger partial charge in [0.2, 0.25) is 0 Å². The Morgan fingerprint density at radius 3 is 2.58 bits per heavy atom. The predicted octanol–water partition coefficient (Wildman–Crippen LogP) is 5.69. The molecule has 6 nitrogen and oxygen atoms in total. The highest BCUT2D eigenvalue weighted by Gasteiger charge is 2.32. The first-order valence-electron chi connectivity index (χ1n) is 12.2. The molecule has 0 aliphatic carbocycles. The number of fused-ring (bicyclic) bond motifs is 1. The average Bonchev–Trinajstić information content (AvgIpc) is 3.18. The number of piperidine rings is 1. The number of para-hydroxylation sites is 1. The summed E-state index contributed by atoms with van der Waals surface area (Å²) in [5.74, 6) is 2.25. The maximum atomic E-state index is 13.4. The minimum atomic E-state index is -0.0526. The molecule has 1 aromatic heterocycles. The maximum Gasteiger partial charge on any atom is 0.266 e. The molecule has 186 valence electrons. The van der Waals surface area contributed by atoms with Crippen LogP contribution in [0.4, 0.5) is 5.82 Å². The van der Waals surface area contributed by atoms with Crippen LogP contribution < -0.4 is 14.4 Å². The molecule has 2 aliphatic rings. The average molecular weight is 520 g/mol. The highest BCUT2D eigenvalue weighted by molar-refractivity contribution is 8.26. The highest BCUT2D eigenvalue weighted by Crippen LogP contribution is 2.36. The summed E-state index contributed by atoms with van der Waals surface area (Å²) in [5, 5.41) is 1.06. The standard InChI is InChI=1S/C28H29N3O3S2/c1-33-23-11-10-19(16-24(23)34-2)12-15-31-27(32)25(36-28(31)35)18-21-17-20-8-4-5-9-22(20)29-26(21)30-13-6-3-7-14-30/h4-5,8-11,16-18H,3,6-7,12-15H2,1-2H3/b25-18-. The molecule has 1 amide bonds. The molecule has 0 saturated carbocycles. The van der Waals surface area contributed by atoms with Crippen LogP contribution in [0.1, 0.15) is 30.4 Å². The smallest absolute Gasteiger partial charge is 0.266 e. The van der Waals surface area contributed by atoms with Gasteiger partial charge in [-0.2, -0.15) is 0 Å². The number of carbonyl (C=O) groups excluding carboxylic acids is 1. The van der Waals surface area contributed by atoms with Gasteiger partial charge in [-0.1, -0.05) is 48.2 Å². The normalized spacial score (nSPS) is 17.3. The molecule has 2 aliphatic heterocycles. The zero-order chi connectivity index (χ0) is 25.1. The summed E-state index contributed by atoms with van der Waals surface area (Å²) < 4.78 is 11.3. The number of aromatic nitrogens is 1. The fourth-order valence-corrected chi connectivity index (χ4v) is 6.00. The molecule has 0 unspecified atom stereocenters. The van der Waals surface area contributed by atoms with Crippen LogP contribution in [-0.2, 0) is 11.2 Å². The second-order valence-corrected chi connectivity index (χ2v) is 10.6. The Hall–Kier alpha value is -3.10. The lowest BCUT2D eigenvalue weighted by molar-refractivity contribution is -0.122. The van der Waals surface area contributed by atoms with Gasteiger partial charge in [-0.15, -0.1) is 0 Å². The number of nitrogens with zero attached hydrogens (tertiary/aromatic N) is 3. The molecule has 3 heterocycles. The second kappa shape index (κ2) is 10.9. The zero-order valence-corrected chi connectivity index (χ0v) is 22.2. The Balaban J connectivity index is 1.40. The molecular weight excluding hydrogens is 490 g/mol. The first kappa shape index (κ1) is 24.6. The van der Waals surface area contributed by atoms with Gasteiger partial charge in [0.1, 0.15) is 10.1 Å². The zero-order valence-electron chi connectivity index (χ0n) is 20.5. The largest absolute Gasteiger partial charge is 0.493 e. The lowest BCUT2D eigenvalue weighted by Gasteiger charge is -2.29. The molecule has 0 N–H and O–H groups in total. The fraction of sp³-hybridized carbons (Fsp3) is 0.321. The number of amides is 1. The molecule has 0 spiro atoms. The summed E-state index contributed by atoms with van der Waals surface area (Å²) >= 11 is 6.97. The van der Waals surface area contributed by atoms with Crippen molar-refractivity contribution in [2.75, 3.05) is 38.8 Å². The molecule has 2 saturated heterocycles. The van der Waals surface area contributed by atoms with Gasteiger partial charge in [0.05, 0.1) is 24.6 Å². The lowest BCUT2D eigenvalue weighted by atomic mass is 10.1. The summed E-state index contributed by atoms with van der Waals surface area (Å²) in [4.78, 5) is 23.1. The van der Waals surface area contributed by atoms with Gasteiger partial charge in [0.15, 0.2) is 11.5 Å². The summed E-state index contributed by atoms with van der Waals surface area (Å²) in [6.45, 7) is 2.48. The third-order valence-corrected chi connectivity index (χ3v) is 8.00. The Kier molecular flexibility index (Phi) is 7.43. The first-order valence-corrected chi connectivity index (χ1v) is 13.4. The van der Waals surface area contributed by atoms with E-state index in [1.165, 1.54) is 18.2 Å². The second-order valence-electron chi connectivity index (χ2n) is 8.91. The number of thioether (sulfide) groups is 1. The van der Waals surface area contributed by atoms with E-state index in [0.717, 1.165) is 53.8 Å². The van der Waals surface area contributed by atoms with E-state index in [9.17, 15) is 4.79 Å². The van der Waals surface area contributed by atoms with Crippen LogP contribution >= 0.6 is 24.0 Å². The highest BCUT2D eigenvalue weighted by atomic mass is 32.2. The number of thiocarbonyl (C=S) groups is 1. The lowest BCUT2D eigenvalue weighted by Crippen LogP contribution is -2.31. The molecule has 8 heteroatoms. The van der Waals surface area contributed by atoms with Crippen LogP contribution in [0.5, 0.6) is 11.5 Å². The van der Waals surface area contributed by atoms with E-state index in [0.29, 0.717) is 33.7 Å². The van der Waals surface area contributed by atoms with Crippen LogP contribution in [0.15, 0.2) is 53.4 Å². The number of benzene rings is 2. The van der Waals surface area contributed by atoms with E-state index in [-0.39, 0.29) is 5.91 Å². The molecule has 3 aromatic rings. The Bertz CT molecular complexity index is 1330. The number of rotatable bonds is 7. The van der Waals surface area contributed by atoms with Crippen molar-refractivity contribution in [2.24, 2.45) is 0 Å². The molecule has 36 heavy (non-hydrogen) atoms. The molecule has 2 fully saturated rings. The SMILES string of the molecule is COc1ccc(CCN2C(=O)/C(=C/c3cc4ccccc4nc3N3CCCCC3)SC2=S)cc1OC. The Morgan fingerprint density at radius 1 is 1.03 bits per heavy atom. The molecular formula is C28H29N3O3S2. The minimum Gasteiger partial charge on any atom is -0.493 e. The van der Waals surface area contributed by atoms with E-state index in [1.54, 1.807) is 19.1 Å². The van der Waals surface area contributed by atoms with Crippen molar-refractivity contribution in [3.63, 3.8) is 0 Å². The van der Waals surface area contributed by atoms with Crippen molar-refractivity contribution >= 4 is 57.0 Å². The number of hydrogen-bond donors (Lipinski definition) is 0. The number of carbonyl (C=O) groups is 1. The van der Waals surface area contributed by atoms with E-state index in [2.05, 4.69) is 17.0 Å². The monoisotopic (exact) mass is 519 g/mol. The number of hydrogen-bond acceptors (Lipinski definition) is 7. The summed E-state index contributed by atoms with van der Waals surface area (Å²) in [6, 6.07) is 16.1. The number of ether oxygens (including phenoxy) is 2. The van der Waals surface area contributed by atoms with Gasteiger partial charge in [-0.3, -0.25) is 9.69 Å². The fourth-order valence-electron chi connectivity index (χ4n) is 4.70. The van der Waals surface area contributed by atoms with Crippen LogP contribution in [0.2, 0.25) is 0 Å². The van der Waals surface area contributed by atoms with E-state index < -0.39 is 0 Å². The van der Waals surface area contributed by atoms with Crippen molar-refractivity contribution in [1.29, 1.82) is 0 Å². The van der Waals surface area contributed by atoms with Crippen LogP contribution in [-0.4, -0.2) is 54.0 Å². The minimum absolute atomic E-state index is 0.0526. The van der Waals surface area contributed by atoms with Crippen LogP contribution in [0.25, 0.3) is 17.0 Å². The van der Waals surface area contributed by atoms with Crippen LogP contribution in [0.3, 0.4) is 0 Å². The molecule has 0 atom stereocenters.